The maximum atomic E-state index is 12.2. The molecule has 3 nitrogen and oxygen atoms in total. The zero-order valence-electron chi connectivity index (χ0n) is 12.9. The standard InChI is InChI=1S/C17H26N2O/c1-4-14-5-7-16(8-6-14)17(20)13-19(3)12-15-9-10-18(2)11-15/h5-8,15H,4,9-13H2,1-3H3. The first kappa shape index (κ1) is 15.2. The van der Waals surface area contributed by atoms with Crippen LogP contribution in [0.3, 0.4) is 0 Å². The number of rotatable bonds is 6. The first-order valence-electron chi connectivity index (χ1n) is 7.57. The Morgan fingerprint density at radius 3 is 2.60 bits per heavy atom. The second kappa shape index (κ2) is 7.00. The zero-order chi connectivity index (χ0) is 14.5. The Balaban J connectivity index is 1.83. The van der Waals surface area contributed by atoms with E-state index >= 15 is 0 Å². The van der Waals surface area contributed by atoms with Crippen LogP contribution in [0.15, 0.2) is 24.3 Å². The quantitative estimate of drug-likeness (QED) is 0.744. The fraction of sp³-hybridized carbons (Fsp3) is 0.588. The van der Waals surface area contributed by atoms with Gasteiger partial charge in [0.2, 0.25) is 0 Å². The van der Waals surface area contributed by atoms with Crippen LogP contribution in [0.25, 0.3) is 0 Å². The fourth-order valence-corrected chi connectivity index (χ4v) is 2.94. The molecule has 20 heavy (non-hydrogen) atoms. The molecule has 0 bridgehead atoms. The molecule has 0 N–H and O–H groups in total. The molecule has 1 aromatic rings. The van der Waals surface area contributed by atoms with Gasteiger partial charge in [-0.25, -0.2) is 0 Å². The molecule has 1 unspecified atom stereocenters. The molecule has 1 fully saturated rings. The van der Waals surface area contributed by atoms with E-state index < -0.39 is 0 Å². The molecule has 1 saturated heterocycles. The van der Waals surface area contributed by atoms with Crippen molar-refractivity contribution in [1.29, 1.82) is 0 Å². The Hall–Kier alpha value is -1.19. The van der Waals surface area contributed by atoms with Crippen molar-refractivity contribution in [1.82, 2.24) is 9.80 Å². The highest BCUT2D eigenvalue weighted by atomic mass is 16.1. The minimum absolute atomic E-state index is 0.224. The van der Waals surface area contributed by atoms with Crippen LogP contribution >= 0.6 is 0 Å². The topological polar surface area (TPSA) is 23.6 Å². The van der Waals surface area contributed by atoms with Crippen molar-refractivity contribution in [3.8, 4) is 0 Å². The molecule has 0 aliphatic carbocycles. The first-order chi connectivity index (χ1) is 9.58. The maximum absolute atomic E-state index is 12.2. The predicted octanol–water partition coefficient (Wildman–Crippen LogP) is 2.32. The molecule has 0 radical (unpaired) electrons. The maximum Gasteiger partial charge on any atom is 0.176 e. The third kappa shape index (κ3) is 4.15. The molecule has 1 heterocycles. The summed E-state index contributed by atoms with van der Waals surface area (Å²) in [5.41, 5.74) is 2.11. The lowest BCUT2D eigenvalue weighted by Crippen LogP contribution is -2.31. The van der Waals surface area contributed by atoms with E-state index in [1.807, 2.05) is 12.1 Å². The molecule has 0 amide bonds. The highest BCUT2D eigenvalue weighted by Crippen LogP contribution is 2.15. The number of hydrogen-bond donors (Lipinski definition) is 0. The highest BCUT2D eigenvalue weighted by Gasteiger charge is 2.21. The van der Waals surface area contributed by atoms with Gasteiger partial charge in [0.1, 0.15) is 0 Å². The van der Waals surface area contributed by atoms with Crippen LogP contribution in [-0.2, 0) is 6.42 Å². The second-order valence-electron chi connectivity index (χ2n) is 6.09. The van der Waals surface area contributed by atoms with Crippen LogP contribution in [0.1, 0.15) is 29.3 Å². The summed E-state index contributed by atoms with van der Waals surface area (Å²) in [6.07, 6.45) is 2.27. The summed E-state index contributed by atoms with van der Waals surface area (Å²) in [7, 11) is 4.22. The number of carbonyl (C=O) groups excluding carboxylic acids is 1. The van der Waals surface area contributed by atoms with Gasteiger partial charge in [-0.2, -0.15) is 0 Å². The normalized spacial score (nSPS) is 19.7. The Kier molecular flexibility index (Phi) is 5.32. The molecule has 1 atom stereocenters. The Morgan fingerprint density at radius 1 is 1.35 bits per heavy atom. The van der Waals surface area contributed by atoms with Crippen LogP contribution in [0.4, 0.5) is 0 Å². The molecular weight excluding hydrogens is 248 g/mol. The summed E-state index contributed by atoms with van der Waals surface area (Å²) in [5, 5.41) is 0. The number of hydrogen-bond acceptors (Lipinski definition) is 3. The average molecular weight is 274 g/mol. The summed E-state index contributed by atoms with van der Waals surface area (Å²) >= 11 is 0. The highest BCUT2D eigenvalue weighted by molar-refractivity contribution is 5.97. The van der Waals surface area contributed by atoms with E-state index in [0.717, 1.165) is 25.1 Å². The molecule has 0 aromatic heterocycles. The van der Waals surface area contributed by atoms with Crippen molar-refractivity contribution in [2.45, 2.75) is 19.8 Å². The molecule has 110 valence electrons. The van der Waals surface area contributed by atoms with E-state index in [4.69, 9.17) is 0 Å². The molecule has 0 saturated carbocycles. The van der Waals surface area contributed by atoms with Gasteiger partial charge in [0, 0.05) is 18.7 Å². The van der Waals surface area contributed by atoms with Gasteiger partial charge in [-0.3, -0.25) is 9.69 Å². The number of Topliss-reactive ketones (excluding diaryl/α,β-unsaturated/α-hetero) is 1. The number of aryl methyl sites for hydroxylation is 1. The van der Waals surface area contributed by atoms with Crippen LogP contribution in [-0.4, -0.2) is 55.9 Å². The lowest BCUT2D eigenvalue weighted by Gasteiger charge is -2.20. The van der Waals surface area contributed by atoms with Gasteiger partial charge < -0.3 is 4.90 Å². The molecule has 1 aliphatic rings. The largest absolute Gasteiger partial charge is 0.306 e. The van der Waals surface area contributed by atoms with Crippen molar-refractivity contribution in [2.75, 3.05) is 40.3 Å². The minimum Gasteiger partial charge on any atom is -0.306 e. The van der Waals surface area contributed by atoms with Gasteiger partial charge in [-0.15, -0.1) is 0 Å². The lowest BCUT2D eigenvalue weighted by molar-refractivity contribution is 0.0938. The Morgan fingerprint density at radius 2 is 2.05 bits per heavy atom. The third-order valence-electron chi connectivity index (χ3n) is 4.16. The second-order valence-corrected chi connectivity index (χ2v) is 6.09. The Labute approximate surface area is 122 Å². The number of benzene rings is 1. The van der Waals surface area contributed by atoms with Crippen molar-refractivity contribution in [2.24, 2.45) is 5.92 Å². The van der Waals surface area contributed by atoms with Gasteiger partial charge in [-0.1, -0.05) is 31.2 Å². The predicted molar refractivity (Wildman–Crippen MR) is 83.3 cm³/mol. The van der Waals surface area contributed by atoms with Crippen molar-refractivity contribution >= 4 is 5.78 Å². The number of likely N-dealkylation sites (tertiary alicyclic amines) is 1. The van der Waals surface area contributed by atoms with Crippen LogP contribution in [0, 0.1) is 5.92 Å². The SMILES string of the molecule is CCc1ccc(C(=O)CN(C)CC2CCN(C)C2)cc1. The third-order valence-corrected chi connectivity index (χ3v) is 4.16. The van der Waals surface area contributed by atoms with E-state index in [1.54, 1.807) is 0 Å². The van der Waals surface area contributed by atoms with E-state index in [2.05, 4.69) is 43.0 Å². The smallest absolute Gasteiger partial charge is 0.176 e. The molecular formula is C17H26N2O. The minimum atomic E-state index is 0.224. The number of carbonyl (C=O) groups is 1. The van der Waals surface area contributed by atoms with Gasteiger partial charge in [0.05, 0.1) is 6.54 Å². The van der Waals surface area contributed by atoms with Crippen molar-refractivity contribution in [3.05, 3.63) is 35.4 Å². The lowest BCUT2D eigenvalue weighted by atomic mass is 10.1. The number of likely N-dealkylation sites (N-methyl/N-ethyl adjacent to an activating group) is 1. The van der Waals surface area contributed by atoms with Crippen molar-refractivity contribution in [3.63, 3.8) is 0 Å². The van der Waals surface area contributed by atoms with Crippen LogP contribution < -0.4 is 0 Å². The molecule has 2 rings (SSSR count). The summed E-state index contributed by atoms with van der Waals surface area (Å²) in [6.45, 7) is 6.01. The summed E-state index contributed by atoms with van der Waals surface area (Å²) in [6, 6.07) is 8.02. The van der Waals surface area contributed by atoms with E-state index in [9.17, 15) is 4.79 Å². The zero-order valence-corrected chi connectivity index (χ0v) is 12.9. The number of nitrogens with zero attached hydrogens (tertiary/aromatic N) is 2. The van der Waals surface area contributed by atoms with Gasteiger partial charge >= 0.3 is 0 Å². The molecule has 0 spiro atoms. The average Bonchev–Trinajstić information content (AvgIpc) is 2.84. The van der Waals surface area contributed by atoms with E-state index in [1.165, 1.54) is 18.5 Å². The van der Waals surface area contributed by atoms with E-state index in [0.29, 0.717) is 12.5 Å². The van der Waals surface area contributed by atoms with Gasteiger partial charge in [-0.05, 0) is 45.0 Å². The summed E-state index contributed by atoms with van der Waals surface area (Å²) in [4.78, 5) is 16.8. The molecule has 1 aromatic carbocycles. The monoisotopic (exact) mass is 274 g/mol. The van der Waals surface area contributed by atoms with Crippen LogP contribution in [0.5, 0.6) is 0 Å². The summed E-state index contributed by atoms with van der Waals surface area (Å²) in [5.74, 6) is 0.932. The molecule has 3 heteroatoms. The summed E-state index contributed by atoms with van der Waals surface area (Å²) < 4.78 is 0. The Bertz CT molecular complexity index is 441. The van der Waals surface area contributed by atoms with Crippen molar-refractivity contribution < 1.29 is 4.79 Å². The van der Waals surface area contributed by atoms with E-state index in [-0.39, 0.29) is 5.78 Å². The first-order valence-corrected chi connectivity index (χ1v) is 7.57. The van der Waals surface area contributed by atoms with Crippen LogP contribution in [0.2, 0.25) is 0 Å². The van der Waals surface area contributed by atoms with Gasteiger partial charge in [0.25, 0.3) is 0 Å². The fourth-order valence-electron chi connectivity index (χ4n) is 2.94. The van der Waals surface area contributed by atoms with Gasteiger partial charge in [0.15, 0.2) is 5.78 Å². The molecule has 1 aliphatic heterocycles. The number of ketones is 1.